The minimum Gasteiger partial charge on any atom is -0.383 e. The van der Waals surface area contributed by atoms with Gasteiger partial charge in [0.05, 0.1) is 18.4 Å². The molecule has 0 spiro atoms. The van der Waals surface area contributed by atoms with Crippen LogP contribution in [0.3, 0.4) is 0 Å². The average molecular weight is 305 g/mol. The summed E-state index contributed by atoms with van der Waals surface area (Å²) in [5, 5.41) is 6.95. The van der Waals surface area contributed by atoms with E-state index in [1.54, 1.807) is 7.11 Å². The highest BCUT2D eigenvalue weighted by Crippen LogP contribution is 2.28. The second-order valence-corrected chi connectivity index (χ2v) is 4.15. The molecule has 1 aromatic rings. The van der Waals surface area contributed by atoms with Crippen molar-refractivity contribution in [2.24, 2.45) is 5.10 Å². The van der Waals surface area contributed by atoms with Crippen LogP contribution in [0.25, 0.3) is 0 Å². The topological polar surface area (TPSA) is 45.6 Å². The number of thiocarbonyl (C=S) groups is 1. The van der Waals surface area contributed by atoms with Gasteiger partial charge in [-0.05, 0) is 29.9 Å². The number of ether oxygens (including phenoxy) is 1. The van der Waals surface area contributed by atoms with Gasteiger partial charge in [-0.3, -0.25) is 5.43 Å². The van der Waals surface area contributed by atoms with Crippen molar-refractivity contribution < 1.29 is 17.9 Å². The van der Waals surface area contributed by atoms with Crippen LogP contribution in [0, 0.1) is 0 Å². The third-order valence-corrected chi connectivity index (χ3v) is 2.45. The quantitative estimate of drug-likeness (QED) is 0.379. The fourth-order valence-corrected chi connectivity index (χ4v) is 1.38. The summed E-state index contributed by atoms with van der Waals surface area (Å²) in [6, 6.07) is 4.65. The largest absolute Gasteiger partial charge is 0.416 e. The van der Waals surface area contributed by atoms with Crippen LogP contribution < -0.4 is 10.7 Å². The minimum absolute atomic E-state index is 0.310. The fraction of sp³-hybridized carbons (Fsp3) is 0.333. The Kier molecular flexibility index (Phi) is 6.40. The van der Waals surface area contributed by atoms with Crippen LogP contribution in [0.5, 0.6) is 0 Å². The van der Waals surface area contributed by atoms with Crippen LogP contribution in [-0.2, 0) is 10.9 Å². The molecule has 0 unspecified atom stereocenters. The van der Waals surface area contributed by atoms with Gasteiger partial charge in [-0.2, -0.15) is 18.3 Å². The first-order chi connectivity index (χ1) is 9.43. The lowest BCUT2D eigenvalue weighted by Gasteiger charge is -2.06. The summed E-state index contributed by atoms with van der Waals surface area (Å²) in [7, 11) is 1.57. The van der Waals surface area contributed by atoms with Crippen molar-refractivity contribution in [2.75, 3.05) is 20.3 Å². The molecule has 0 aliphatic rings. The summed E-state index contributed by atoms with van der Waals surface area (Å²) in [5.41, 5.74) is 2.38. The Morgan fingerprint density at radius 1 is 1.35 bits per heavy atom. The number of rotatable bonds is 5. The van der Waals surface area contributed by atoms with Gasteiger partial charge in [0.2, 0.25) is 0 Å². The molecule has 0 atom stereocenters. The molecular weight excluding hydrogens is 291 g/mol. The van der Waals surface area contributed by atoms with E-state index in [0.29, 0.717) is 23.8 Å². The van der Waals surface area contributed by atoms with E-state index in [2.05, 4.69) is 15.8 Å². The summed E-state index contributed by atoms with van der Waals surface area (Å²) in [6.45, 7) is 1.04. The predicted molar refractivity (Wildman–Crippen MR) is 74.7 cm³/mol. The number of methoxy groups -OCH3 is 1. The molecule has 20 heavy (non-hydrogen) atoms. The van der Waals surface area contributed by atoms with Gasteiger partial charge in [0, 0.05) is 13.7 Å². The number of halogens is 3. The molecule has 0 bridgehead atoms. The van der Waals surface area contributed by atoms with Crippen LogP contribution in [0.1, 0.15) is 11.1 Å². The number of hydrogen-bond donors (Lipinski definition) is 2. The maximum absolute atomic E-state index is 12.3. The molecule has 1 aromatic carbocycles. The van der Waals surface area contributed by atoms with Crippen molar-refractivity contribution in [1.82, 2.24) is 10.7 Å². The zero-order chi connectivity index (χ0) is 15.0. The molecule has 0 aliphatic heterocycles. The summed E-state index contributed by atoms with van der Waals surface area (Å²) in [4.78, 5) is 0. The Labute approximate surface area is 120 Å². The third-order valence-electron chi connectivity index (χ3n) is 2.21. The van der Waals surface area contributed by atoms with Crippen LogP contribution >= 0.6 is 12.2 Å². The second kappa shape index (κ2) is 7.81. The molecule has 110 valence electrons. The van der Waals surface area contributed by atoms with Crippen molar-refractivity contribution in [3.05, 3.63) is 35.4 Å². The van der Waals surface area contributed by atoms with Gasteiger partial charge in [-0.1, -0.05) is 12.1 Å². The number of nitrogens with one attached hydrogen (secondary N) is 2. The van der Waals surface area contributed by atoms with E-state index in [0.717, 1.165) is 12.1 Å². The number of hydrazone groups is 1. The van der Waals surface area contributed by atoms with Gasteiger partial charge in [-0.25, -0.2) is 0 Å². The van der Waals surface area contributed by atoms with Crippen molar-refractivity contribution >= 4 is 23.5 Å². The maximum atomic E-state index is 12.3. The zero-order valence-corrected chi connectivity index (χ0v) is 11.5. The third kappa shape index (κ3) is 5.98. The van der Waals surface area contributed by atoms with Gasteiger partial charge in [0.15, 0.2) is 5.11 Å². The van der Waals surface area contributed by atoms with Crippen molar-refractivity contribution in [3.63, 3.8) is 0 Å². The Balaban J connectivity index is 2.44. The molecule has 0 amide bonds. The number of nitrogens with zero attached hydrogens (tertiary/aromatic N) is 1. The lowest BCUT2D eigenvalue weighted by molar-refractivity contribution is -0.137. The highest BCUT2D eigenvalue weighted by molar-refractivity contribution is 7.80. The Hall–Kier alpha value is -1.67. The first-order valence-corrected chi connectivity index (χ1v) is 6.07. The Bertz CT molecular complexity index is 460. The number of alkyl halides is 3. The second-order valence-electron chi connectivity index (χ2n) is 3.74. The van der Waals surface area contributed by atoms with Gasteiger partial charge in [0.25, 0.3) is 0 Å². The van der Waals surface area contributed by atoms with Gasteiger partial charge >= 0.3 is 6.18 Å². The highest BCUT2D eigenvalue weighted by atomic mass is 32.1. The lowest BCUT2D eigenvalue weighted by Crippen LogP contribution is -2.34. The van der Waals surface area contributed by atoms with E-state index in [9.17, 15) is 13.2 Å². The normalized spacial score (nSPS) is 11.6. The molecule has 0 aliphatic carbocycles. The standard InChI is InChI=1S/C12H14F3N3OS/c1-19-7-6-16-11(20)18-17-8-9-2-4-10(5-3-9)12(13,14)15/h2-5,8H,6-7H2,1H3,(H2,16,18,20). The Morgan fingerprint density at radius 2 is 2.00 bits per heavy atom. The molecule has 0 fully saturated rings. The molecule has 8 heteroatoms. The number of benzene rings is 1. The van der Waals surface area contributed by atoms with Crippen molar-refractivity contribution in [3.8, 4) is 0 Å². The van der Waals surface area contributed by atoms with Crippen LogP contribution in [0.2, 0.25) is 0 Å². The molecule has 0 radical (unpaired) electrons. The lowest BCUT2D eigenvalue weighted by atomic mass is 10.1. The summed E-state index contributed by atoms with van der Waals surface area (Å²) in [5.74, 6) is 0. The molecule has 4 nitrogen and oxygen atoms in total. The number of hydrogen-bond acceptors (Lipinski definition) is 3. The monoisotopic (exact) mass is 305 g/mol. The molecule has 0 saturated carbocycles. The Morgan fingerprint density at radius 3 is 2.55 bits per heavy atom. The molecule has 2 N–H and O–H groups in total. The van der Waals surface area contributed by atoms with E-state index < -0.39 is 11.7 Å². The fourth-order valence-electron chi connectivity index (χ4n) is 1.23. The molecule has 1 rings (SSSR count). The van der Waals surface area contributed by atoms with Crippen LogP contribution in [0.4, 0.5) is 13.2 Å². The van der Waals surface area contributed by atoms with Gasteiger partial charge < -0.3 is 10.1 Å². The van der Waals surface area contributed by atoms with Crippen molar-refractivity contribution in [1.29, 1.82) is 0 Å². The minimum atomic E-state index is -4.33. The first-order valence-electron chi connectivity index (χ1n) is 5.66. The smallest absolute Gasteiger partial charge is 0.383 e. The van der Waals surface area contributed by atoms with Gasteiger partial charge in [-0.15, -0.1) is 0 Å². The van der Waals surface area contributed by atoms with Crippen LogP contribution in [-0.4, -0.2) is 31.6 Å². The predicted octanol–water partition coefficient (Wildman–Crippen LogP) is 2.15. The van der Waals surface area contributed by atoms with Crippen LogP contribution in [0.15, 0.2) is 29.4 Å². The summed E-state index contributed by atoms with van der Waals surface area (Å²) < 4.78 is 41.9. The SMILES string of the molecule is COCCNC(=S)NN=Cc1ccc(C(F)(F)F)cc1. The summed E-state index contributed by atoms with van der Waals surface area (Å²) in [6.07, 6.45) is -2.95. The zero-order valence-electron chi connectivity index (χ0n) is 10.7. The van der Waals surface area contributed by atoms with Crippen molar-refractivity contribution in [2.45, 2.75) is 6.18 Å². The van der Waals surface area contributed by atoms with E-state index in [-0.39, 0.29) is 0 Å². The average Bonchev–Trinajstić information content (AvgIpc) is 2.38. The highest BCUT2D eigenvalue weighted by Gasteiger charge is 2.29. The van der Waals surface area contributed by atoms with E-state index >= 15 is 0 Å². The van der Waals surface area contributed by atoms with E-state index in [1.165, 1.54) is 18.3 Å². The molecule has 0 aromatic heterocycles. The molecule has 0 heterocycles. The maximum Gasteiger partial charge on any atom is 0.416 e. The first kappa shape index (κ1) is 16.4. The molecule has 0 saturated heterocycles. The van der Waals surface area contributed by atoms with E-state index in [1.807, 2.05) is 0 Å². The molecular formula is C12H14F3N3OS. The van der Waals surface area contributed by atoms with E-state index in [4.69, 9.17) is 17.0 Å². The van der Waals surface area contributed by atoms with Gasteiger partial charge in [0.1, 0.15) is 0 Å². The summed E-state index contributed by atoms with van der Waals surface area (Å²) >= 11 is 4.91.